The van der Waals surface area contributed by atoms with Gasteiger partial charge in [-0.15, -0.1) is 0 Å². The molecule has 3 rings (SSSR count). The molecule has 1 aliphatic heterocycles. The van der Waals surface area contributed by atoms with Gasteiger partial charge in [0.2, 0.25) is 0 Å². The van der Waals surface area contributed by atoms with Gasteiger partial charge < -0.3 is 15.0 Å². The number of rotatable bonds is 6. The maximum absolute atomic E-state index is 12.9. The molecular formula is C16H21N3O4. The SMILES string of the molecule is COc1cc(C(=O)N(CC2CCCN2)C2CC2)cc([N+](=O)[O-])c1. The van der Waals surface area contributed by atoms with Crippen molar-refractivity contribution in [2.75, 3.05) is 20.2 Å². The van der Waals surface area contributed by atoms with E-state index in [0.29, 0.717) is 23.9 Å². The van der Waals surface area contributed by atoms with E-state index in [1.54, 1.807) is 6.07 Å². The summed E-state index contributed by atoms with van der Waals surface area (Å²) < 4.78 is 5.10. The minimum absolute atomic E-state index is 0.123. The highest BCUT2D eigenvalue weighted by Gasteiger charge is 2.35. The second-order valence-electron chi connectivity index (χ2n) is 6.16. The van der Waals surface area contributed by atoms with Crippen LogP contribution in [0.15, 0.2) is 18.2 Å². The van der Waals surface area contributed by atoms with Crippen LogP contribution in [-0.2, 0) is 0 Å². The Labute approximate surface area is 134 Å². The van der Waals surface area contributed by atoms with E-state index in [2.05, 4.69) is 5.32 Å². The monoisotopic (exact) mass is 319 g/mol. The first-order chi connectivity index (χ1) is 11.1. The van der Waals surface area contributed by atoms with E-state index in [9.17, 15) is 14.9 Å². The van der Waals surface area contributed by atoms with Crippen molar-refractivity contribution in [2.45, 2.75) is 37.8 Å². The van der Waals surface area contributed by atoms with Crippen molar-refractivity contribution in [2.24, 2.45) is 0 Å². The highest BCUT2D eigenvalue weighted by molar-refractivity contribution is 5.95. The maximum atomic E-state index is 12.9. The highest BCUT2D eigenvalue weighted by atomic mass is 16.6. The lowest BCUT2D eigenvalue weighted by Gasteiger charge is -2.26. The van der Waals surface area contributed by atoms with Crippen molar-refractivity contribution in [1.82, 2.24) is 10.2 Å². The van der Waals surface area contributed by atoms with E-state index < -0.39 is 4.92 Å². The molecule has 1 amide bonds. The van der Waals surface area contributed by atoms with Gasteiger partial charge in [0.05, 0.1) is 23.7 Å². The van der Waals surface area contributed by atoms with Gasteiger partial charge in [-0.3, -0.25) is 14.9 Å². The van der Waals surface area contributed by atoms with Crippen LogP contribution in [0.3, 0.4) is 0 Å². The standard InChI is InChI=1S/C16H21N3O4/c1-23-15-8-11(7-14(9-15)19(21)22)16(20)18(13-4-5-13)10-12-3-2-6-17-12/h7-9,12-13,17H,2-6,10H2,1H3. The lowest BCUT2D eigenvalue weighted by molar-refractivity contribution is -0.385. The summed E-state index contributed by atoms with van der Waals surface area (Å²) in [6.45, 7) is 1.65. The molecule has 0 aromatic heterocycles. The van der Waals surface area contributed by atoms with Gasteiger partial charge in [0.15, 0.2) is 0 Å². The van der Waals surface area contributed by atoms with E-state index in [-0.39, 0.29) is 17.6 Å². The zero-order valence-electron chi connectivity index (χ0n) is 13.2. The molecule has 1 saturated carbocycles. The first kappa shape index (κ1) is 15.7. The molecule has 23 heavy (non-hydrogen) atoms. The van der Waals surface area contributed by atoms with Crippen LogP contribution in [0.4, 0.5) is 5.69 Å². The molecule has 7 heteroatoms. The molecule has 0 spiro atoms. The molecule has 0 radical (unpaired) electrons. The minimum atomic E-state index is -0.501. The second kappa shape index (κ2) is 6.54. The Morgan fingerprint density at radius 1 is 1.39 bits per heavy atom. The van der Waals surface area contributed by atoms with Gasteiger partial charge in [-0.25, -0.2) is 0 Å². The van der Waals surface area contributed by atoms with Crippen LogP contribution in [0.1, 0.15) is 36.0 Å². The molecule has 2 aliphatic rings. The topological polar surface area (TPSA) is 84.7 Å². The Balaban J connectivity index is 1.84. The third-order valence-corrected chi connectivity index (χ3v) is 4.41. The van der Waals surface area contributed by atoms with Crippen LogP contribution in [0.25, 0.3) is 0 Å². The van der Waals surface area contributed by atoms with Gasteiger partial charge in [-0.1, -0.05) is 0 Å². The molecule has 1 N–H and O–H groups in total. The Morgan fingerprint density at radius 3 is 2.74 bits per heavy atom. The van der Waals surface area contributed by atoms with Gasteiger partial charge in [-0.2, -0.15) is 0 Å². The number of nitrogens with zero attached hydrogens (tertiary/aromatic N) is 2. The van der Waals surface area contributed by atoms with Gasteiger partial charge in [-0.05, 0) is 38.3 Å². The predicted molar refractivity (Wildman–Crippen MR) is 84.7 cm³/mol. The second-order valence-corrected chi connectivity index (χ2v) is 6.16. The van der Waals surface area contributed by atoms with Crippen molar-refractivity contribution < 1.29 is 14.5 Å². The number of amides is 1. The van der Waals surface area contributed by atoms with E-state index in [0.717, 1.165) is 32.2 Å². The normalized spacial score (nSPS) is 20.3. The summed E-state index contributed by atoms with van der Waals surface area (Å²) in [6.07, 6.45) is 4.20. The average Bonchev–Trinajstić information content (AvgIpc) is 3.27. The van der Waals surface area contributed by atoms with Crippen molar-refractivity contribution >= 4 is 11.6 Å². The smallest absolute Gasteiger partial charge is 0.273 e. The molecule has 2 fully saturated rings. The zero-order valence-corrected chi connectivity index (χ0v) is 13.2. The van der Waals surface area contributed by atoms with Crippen molar-refractivity contribution in [3.8, 4) is 5.75 Å². The summed E-state index contributed by atoms with van der Waals surface area (Å²) >= 11 is 0. The first-order valence-electron chi connectivity index (χ1n) is 7.96. The van der Waals surface area contributed by atoms with Crippen LogP contribution in [0, 0.1) is 10.1 Å². The summed E-state index contributed by atoms with van der Waals surface area (Å²) in [5, 5.41) is 14.5. The van der Waals surface area contributed by atoms with Crippen molar-refractivity contribution in [1.29, 1.82) is 0 Å². The van der Waals surface area contributed by atoms with Gasteiger partial charge in [0.25, 0.3) is 11.6 Å². The molecule has 1 aromatic carbocycles. The molecule has 1 saturated heterocycles. The van der Waals surface area contributed by atoms with Gasteiger partial charge >= 0.3 is 0 Å². The predicted octanol–water partition coefficient (Wildman–Crippen LogP) is 1.96. The molecular weight excluding hydrogens is 298 g/mol. The lowest BCUT2D eigenvalue weighted by atomic mass is 10.1. The van der Waals surface area contributed by atoms with Crippen LogP contribution in [0.5, 0.6) is 5.75 Å². The molecule has 1 atom stereocenters. The number of carbonyl (C=O) groups excluding carboxylic acids is 1. The maximum Gasteiger partial charge on any atom is 0.273 e. The molecule has 1 aromatic rings. The summed E-state index contributed by atoms with van der Waals surface area (Å²) in [5.41, 5.74) is 0.198. The number of hydrogen-bond donors (Lipinski definition) is 1. The highest BCUT2D eigenvalue weighted by Crippen LogP contribution is 2.31. The summed E-state index contributed by atoms with van der Waals surface area (Å²) in [5.74, 6) is 0.181. The molecule has 1 aliphatic carbocycles. The Hall–Kier alpha value is -2.15. The lowest BCUT2D eigenvalue weighted by Crippen LogP contribution is -2.42. The van der Waals surface area contributed by atoms with Crippen LogP contribution < -0.4 is 10.1 Å². The first-order valence-corrected chi connectivity index (χ1v) is 7.96. The molecule has 7 nitrogen and oxygen atoms in total. The number of nitro groups is 1. The van der Waals surface area contributed by atoms with Gasteiger partial charge in [0.1, 0.15) is 5.75 Å². The molecule has 124 valence electrons. The van der Waals surface area contributed by atoms with Crippen LogP contribution >= 0.6 is 0 Å². The fourth-order valence-electron chi connectivity index (χ4n) is 3.03. The van der Waals surface area contributed by atoms with Gasteiger partial charge in [0, 0.05) is 24.7 Å². The number of non-ortho nitro benzene ring substituents is 1. The number of hydrogen-bond acceptors (Lipinski definition) is 5. The molecule has 1 unspecified atom stereocenters. The Kier molecular flexibility index (Phi) is 4.47. The number of carbonyl (C=O) groups is 1. The largest absolute Gasteiger partial charge is 0.496 e. The fourth-order valence-corrected chi connectivity index (χ4v) is 3.03. The summed E-state index contributed by atoms with van der Waals surface area (Å²) in [6, 6.07) is 4.82. The van der Waals surface area contributed by atoms with E-state index in [4.69, 9.17) is 4.74 Å². The number of benzene rings is 1. The minimum Gasteiger partial charge on any atom is -0.496 e. The third kappa shape index (κ3) is 3.61. The summed E-state index contributed by atoms with van der Waals surface area (Å²) in [4.78, 5) is 25.3. The quantitative estimate of drug-likeness (QED) is 0.640. The number of methoxy groups -OCH3 is 1. The number of ether oxygens (including phenoxy) is 1. The Morgan fingerprint density at radius 2 is 2.17 bits per heavy atom. The zero-order chi connectivity index (χ0) is 16.4. The third-order valence-electron chi connectivity index (χ3n) is 4.41. The average molecular weight is 319 g/mol. The van der Waals surface area contributed by atoms with E-state index >= 15 is 0 Å². The number of nitro benzene ring substituents is 1. The number of nitrogens with one attached hydrogen (secondary N) is 1. The molecule has 1 heterocycles. The van der Waals surface area contributed by atoms with Crippen LogP contribution in [-0.4, -0.2) is 48.0 Å². The van der Waals surface area contributed by atoms with Crippen LogP contribution in [0.2, 0.25) is 0 Å². The fraction of sp³-hybridized carbons (Fsp3) is 0.562. The van der Waals surface area contributed by atoms with E-state index in [1.165, 1.54) is 19.2 Å². The van der Waals surface area contributed by atoms with E-state index in [1.807, 2.05) is 4.90 Å². The Bertz CT molecular complexity index is 609. The molecule has 0 bridgehead atoms. The van der Waals surface area contributed by atoms with Crippen molar-refractivity contribution in [3.05, 3.63) is 33.9 Å². The van der Waals surface area contributed by atoms with Crippen molar-refractivity contribution in [3.63, 3.8) is 0 Å². The summed E-state index contributed by atoms with van der Waals surface area (Å²) in [7, 11) is 1.44.